The minimum absolute atomic E-state index is 0.0196. The summed E-state index contributed by atoms with van der Waals surface area (Å²) < 4.78 is 18.7. The molecule has 6 heteroatoms. The fourth-order valence-electron chi connectivity index (χ4n) is 2.67. The third kappa shape index (κ3) is 3.79. The third-order valence-corrected chi connectivity index (χ3v) is 3.98. The van der Waals surface area contributed by atoms with E-state index in [2.05, 4.69) is 12.2 Å². The fourth-order valence-corrected chi connectivity index (χ4v) is 2.67. The number of carbonyl (C=O) groups is 2. The number of hydrogen-bond donors (Lipinski definition) is 1. The number of halogens is 1. The fraction of sp³-hybridized carbons (Fsp3) is 0.263. The van der Waals surface area contributed by atoms with Gasteiger partial charge in [-0.1, -0.05) is 19.4 Å². The van der Waals surface area contributed by atoms with Crippen LogP contribution >= 0.6 is 0 Å². The highest BCUT2D eigenvalue weighted by Gasteiger charge is 2.25. The predicted octanol–water partition coefficient (Wildman–Crippen LogP) is 3.60. The molecule has 130 valence electrons. The molecule has 0 unspecified atom stereocenters. The maximum Gasteiger partial charge on any atom is 0.265 e. The summed E-state index contributed by atoms with van der Waals surface area (Å²) in [7, 11) is 0. The number of rotatable bonds is 5. The number of unbranched alkanes of at least 4 members (excludes halogenated alkanes) is 1. The molecule has 0 bridgehead atoms. The molecule has 0 fully saturated rings. The zero-order chi connectivity index (χ0) is 17.8. The van der Waals surface area contributed by atoms with Crippen LogP contribution in [0.2, 0.25) is 0 Å². The number of anilines is 2. The SMILES string of the molecule is CCCCN1C(=O)COc2ccc(NC(=O)c3cccc(F)c3)cc21. The number of nitrogens with zero attached hydrogens (tertiary/aromatic N) is 1. The van der Waals surface area contributed by atoms with Crippen LogP contribution in [-0.4, -0.2) is 25.0 Å². The number of amides is 2. The number of carbonyl (C=O) groups excluding carboxylic acids is 2. The topological polar surface area (TPSA) is 58.6 Å². The molecule has 25 heavy (non-hydrogen) atoms. The predicted molar refractivity (Wildman–Crippen MR) is 93.6 cm³/mol. The summed E-state index contributed by atoms with van der Waals surface area (Å²) in [6, 6.07) is 10.6. The Morgan fingerprint density at radius 3 is 2.88 bits per heavy atom. The first-order valence-corrected chi connectivity index (χ1v) is 8.22. The summed E-state index contributed by atoms with van der Waals surface area (Å²) in [4.78, 5) is 26.1. The van der Waals surface area contributed by atoms with Gasteiger partial charge in [0.15, 0.2) is 6.61 Å². The summed E-state index contributed by atoms with van der Waals surface area (Å²) >= 11 is 0. The Balaban J connectivity index is 1.83. The van der Waals surface area contributed by atoms with Crippen LogP contribution in [0.4, 0.5) is 15.8 Å². The molecule has 0 aromatic heterocycles. The van der Waals surface area contributed by atoms with Crippen LogP contribution in [0.25, 0.3) is 0 Å². The molecule has 3 rings (SSSR count). The van der Waals surface area contributed by atoms with E-state index in [0.29, 0.717) is 23.7 Å². The Morgan fingerprint density at radius 2 is 2.12 bits per heavy atom. The molecule has 1 aliphatic heterocycles. The zero-order valence-electron chi connectivity index (χ0n) is 13.9. The van der Waals surface area contributed by atoms with Crippen LogP contribution in [0.15, 0.2) is 42.5 Å². The molecule has 0 atom stereocenters. The number of fused-ring (bicyclic) bond motifs is 1. The molecular weight excluding hydrogens is 323 g/mol. The van der Waals surface area contributed by atoms with Gasteiger partial charge in [-0.3, -0.25) is 9.59 Å². The molecule has 2 amide bonds. The van der Waals surface area contributed by atoms with Crippen LogP contribution in [0.3, 0.4) is 0 Å². The van der Waals surface area contributed by atoms with Crippen molar-refractivity contribution < 1.29 is 18.7 Å². The molecular formula is C19H19FN2O3. The van der Waals surface area contributed by atoms with Gasteiger partial charge in [0.1, 0.15) is 11.6 Å². The second-order valence-electron chi connectivity index (χ2n) is 5.83. The van der Waals surface area contributed by atoms with Gasteiger partial charge in [0.2, 0.25) is 0 Å². The van der Waals surface area contributed by atoms with Crippen molar-refractivity contribution in [2.24, 2.45) is 0 Å². The average Bonchev–Trinajstić information content (AvgIpc) is 2.61. The first kappa shape index (κ1) is 17.0. The third-order valence-electron chi connectivity index (χ3n) is 3.98. The van der Waals surface area contributed by atoms with E-state index in [1.165, 1.54) is 24.3 Å². The van der Waals surface area contributed by atoms with Gasteiger partial charge in [-0.05, 0) is 42.8 Å². The van der Waals surface area contributed by atoms with Crippen LogP contribution < -0.4 is 15.0 Å². The van der Waals surface area contributed by atoms with Crippen molar-refractivity contribution in [3.8, 4) is 5.75 Å². The maximum atomic E-state index is 13.3. The number of ether oxygens (including phenoxy) is 1. The van der Waals surface area contributed by atoms with Gasteiger partial charge in [0, 0.05) is 17.8 Å². The Labute approximate surface area is 145 Å². The Morgan fingerprint density at radius 1 is 1.28 bits per heavy atom. The van der Waals surface area contributed by atoms with Gasteiger partial charge in [-0.25, -0.2) is 4.39 Å². The standard InChI is InChI=1S/C19H19FN2O3/c1-2-3-9-22-16-11-15(7-8-17(16)25-12-18(22)23)21-19(24)13-5-4-6-14(20)10-13/h4-8,10-11H,2-3,9,12H2,1H3,(H,21,24). The quantitative estimate of drug-likeness (QED) is 0.903. The van der Waals surface area contributed by atoms with Gasteiger partial charge in [-0.2, -0.15) is 0 Å². The summed E-state index contributed by atoms with van der Waals surface area (Å²) in [6.45, 7) is 2.68. The van der Waals surface area contributed by atoms with Crippen molar-refractivity contribution >= 4 is 23.2 Å². The molecule has 0 spiro atoms. The zero-order valence-corrected chi connectivity index (χ0v) is 13.9. The Bertz CT molecular complexity index is 807. The molecule has 0 aliphatic carbocycles. The van der Waals surface area contributed by atoms with E-state index in [4.69, 9.17) is 4.74 Å². The lowest BCUT2D eigenvalue weighted by atomic mass is 10.1. The van der Waals surface area contributed by atoms with Crippen LogP contribution in [-0.2, 0) is 4.79 Å². The van der Waals surface area contributed by atoms with E-state index in [1.54, 1.807) is 23.1 Å². The second kappa shape index (κ2) is 7.34. The van der Waals surface area contributed by atoms with E-state index >= 15 is 0 Å². The van der Waals surface area contributed by atoms with Crippen molar-refractivity contribution in [1.29, 1.82) is 0 Å². The smallest absolute Gasteiger partial charge is 0.265 e. The lowest BCUT2D eigenvalue weighted by molar-refractivity contribution is -0.121. The second-order valence-corrected chi connectivity index (χ2v) is 5.83. The lowest BCUT2D eigenvalue weighted by Gasteiger charge is -2.29. The van der Waals surface area contributed by atoms with E-state index in [9.17, 15) is 14.0 Å². The molecule has 5 nitrogen and oxygen atoms in total. The highest BCUT2D eigenvalue weighted by molar-refractivity contribution is 6.05. The average molecular weight is 342 g/mol. The van der Waals surface area contributed by atoms with Crippen molar-refractivity contribution in [3.63, 3.8) is 0 Å². The monoisotopic (exact) mass is 342 g/mol. The van der Waals surface area contributed by atoms with Gasteiger partial charge in [-0.15, -0.1) is 0 Å². The highest BCUT2D eigenvalue weighted by atomic mass is 19.1. The number of benzene rings is 2. The van der Waals surface area contributed by atoms with Gasteiger partial charge >= 0.3 is 0 Å². The summed E-state index contributed by atoms with van der Waals surface area (Å²) in [5.74, 6) is -0.376. The molecule has 2 aromatic carbocycles. The van der Waals surface area contributed by atoms with Gasteiger partial charge in [0.25, 0.3) is 11.8 Å². The molecule has 2 aromatic rings. The summed E-state index contributed by atoms with van der Waals surface area (Å²) in [6.07, 6.45) is 1.85. The molecule has 0 saturated carbocycles. The minimum Gasteiger partial charge on any atom is -0.482 e. The highest BCUT2D eigenvalue weighted by Crippen LogP contribution is 2.34. The minimum atomic E-state index is -0.470. The van der Waals surface area contributed by atoms with E-state index in [0.717, 1.165) is 12.8 Å². The largest absolute Gasteiger partial charge is 0.482 e. The molecule has 0 radical (unpaired) electrons. The van der Waals surface area contributed by atoms with E-state index < -0.39 is 11.7 Å². The van der Waals surface area contributed by atoms with Crippen molar-refractivity contribution in [1.82, 2.24) is 0 Å². The molecule has 1 aliphatic rings. The first-order valence-electron chi connectivity index (χ1n) is 8.22. The van der Waals surface area contributed by atoms with Crippen LogP contribution in [0.1, 0.15) is 30.1 Å². The molecule has 1 heterocycles. The maximum absolute atomic E-state index is 13.3. The molecule has 0 saturated heterocycles. The van der Waals surface area contributed by atoms with Crippen molar-refractivity contribution in [3.05, 3.63) is 53.8 Å². The van der Waals surface area contributed by atoms with Crippen molar-refractivity contribution in [2.45, 2.75) is 19.8 Å². The first-order chi connectivity index (χ1) is 12.1. The van der Waals surface area contributed by atoms with E-state index in [1.807, 2.05) is 0 Å². The molecule has 1 N–H and O–H groups in total. The Kier molecular flexibility index (Phi) is 4.97. The van der Waals surface area contributed by atoms with E-state index in [-0.39, 0.29) is 18.1 Å². The Hall–Kier alpha value is -2.89. The van der Waals surface area contributed by atoms with Crippen LogP contribution in [0.5, 0.6) is 5.75 Å². The normalized spacial score (nSPS) is 13.2. The summed E-state index contributed by atoms with van der Waals surface area (Å²) in [5.41, 5.74) is 1.39. The number of nitrogens with one attached hydrogen (secondary N) is 1. The van der Waals surface area contributed by atoms with Crippen molar-refractivity contribution in [2.75, 3.05) is 23.4 Å². The van der Waals surface area contributed by atoms with Crippen LogP contribution in [0, 0.1) is 5.82 Å². The number of hydrogen-bond acceptors (Lipinski definition) is 3. The van der Waals surface area contributed by atoms with Gasteiger partial charge in [0.05, 0.1) is 5.69 Å². The summed E-state index contributed by atoms with van der Waals surface area (Å²) in [5, 5.41) is 2.73. The van der Waals surface area contributed by atoms with Gasteiger partial charge < -0.3 is 15.0 Å². The lowest BCUT2D eigenvalue weighted by Crippen LogP contribution is -2.39.